The monoisotopic (exact) mass is 319 g/mol. The lowest BCUT2D eigenvalue weighted by atomic mass is 9.91. The molecule has 1 aromatic carbocycles. The molecular formula is C15H18BrN3. The Morgan fingerprint density at radius 3 is 2.74 bits per heavy atom. The molecule has 3 rings (SSSR count). The fraction of sp³-hybridized carbons (Fsp3) is 0.400. The summed E-state index contributed by atoms with van der Waals surface area (Å²) in [6.45, 7) is 4.23. The minimum Gasteiger partial charge on any atom is -0.323 e. The molecule has 0 saturated heterocycles. The molecule has 0 atom stereocenters. The predicted molar refractivity (Wildman–Crippen MR) is 83.4 cm³/mol. The number of aryl methyl sites for hydroxylation is 3. The van der Waals surface area contributed by atoms with Crippen molar-refractivity contribution in [3.8, 4) is 0 Å². The highest BCUT2D eigenvalue weighted by molar-refractivity contribution is 9.10. The average molecular weight is 320 g/mol. The van der Waals surface area contributed by atoms with E-state index < -0.39 is 0 Å². The Bertz CT molecular complexity index is 664. The summed E-state index contributed by atoms with van der Waals surface area (Å²) >= 11 is 3.66. The fourth-order valence-corrected chi connectivity index (χ4v) is 3.39. The van der Waals surface area contributed by atoms with E-state index in [0.29, 0.717) is 0 Å². The Morgan fingerprint density at radius 2 is 2.00 bits per heavy atom. The Labute approximate surface area is 121 Å². The maximum atomic E-state index is 5.80. The van der Waals surface area contributed by atoms with Crippen molar-refractivity contribution in [2.45, 2.75) is 39.5 Å². The van der Waals surface area contributed by atoms with Crippen molar-refractivity contribution in [2.24, 2.45) is 5.84 Å². The molecule has 1 aliphatic rings. The van der Waals surface area contributed by atoms with Gasteiger partial charge in [-0.3, -0.25) is 10.8 Å². The van der Waals surface area contributed by atoms with Gasteiger partial charge in [0.1, 0.15) is 0 Å². The van der Waals surface area contributed by atoms with E-state index >= 15 is 0 Å². The van der Waals surface area contributed by atoms with Crippen LogP contribution in [-0.4, -0.2) is 4.98 Å². The van der Waals surface area contributed by atoms with Crippen LogP contribution in [0.2, 0.25) is 0 Å². The molecule has 1 heterocycles. The topological polar surface area (TPSA) is 50.9 Å². The van der Waals surface area contributed by atoms with Crippen LogP contribution in [0, 0.1) is 13.8 Å². The van der Waals surface area contributed by atoms with Gasteiger partial charge in [-0.2, -0.15) is 0 Å². The summed E-state index contributed by atoms with van der Waals surface area (Å²) in [6.07, 6.45) is 4.59. The summed E-state index contributed by atoms with van der Waals surface area (Å²) in [4.78, 5) is 4.87. The summed E-state index contributed by atoms with van der Waals surface area (Å²) in [5, 5.41) is 1.15. The van der Waals surface area contributed by atoms with Gasteiger partial charge in [0, 0.05) is 15.6 Å². The van der Waals surface area contributed by atoms with E-state index in [9.17, 15) is 0 Å². The zero-order valence-corrected chi connectivity index (χ0v) is 12.9. The van der Waals surface area contributed by atoms with Crippen molar-refractivity contribution in [3.63, 3.8) is 0 Å². The lowest BCUT2D eigenvalue weighted by Gasteiger charge is -2.22. The minimum atomic E-state index is 1.05. The second-order valence-electron chi connectivity index (χ2n) is 5.29. The lowest BCUT2D eigenvalue weighted by molar-refractivity contribution is 0.672. The number of hydrazine groups is 1. The molecule has 0 fully saturated rings. The molecule has 1 aromatic heterocycles. The van der Waals surface area contributed by atoms with Crippen molar-refractivity contribution in [2.75, 3.05) is 5.43 Å². The molecule has 2 aromatic rings. The number of pyridine rings is 1. The largest absolute Gasteiger partial charge is 0.323 e. The standard InChI is InChI=1S/C15H18BrN3/c1-8-7-12-13(9(2)14(8)16)15(19-17)10-5-3-4-6-11(10)18-12/h7H,3-6,17H2,1-2H3,(H,18,19). The van der Waals surface area contributed by atoms with Crippen LogP contribution in [0.4, 0.5) is 5.69 Å². The van der Waals surface area contributed by atoms with Gasteiger partial charge in [-0.05, 0) is 62.3 Å². The second-order valence-corrected chi connectivity index (χ2v) is 6.08. The molecule has 100 valence electrons. The van der Waals surface area contributed by atoms with Crippen LogP contribution in [0.3, 0.4) is 0 Å². The molecule has 0 amide bonds. The van der Waals surface area contributed by atoms with Gasteiger partial charge in [0.15, 0.2) is 0 Å². The molecule has 0 bridgehead atoms. The highest BCUT2D eigenvalue weighted by atomic mass is 79.9. The first kappa shape index (κ1) is 12.9. The van der Waals surface area contributed by atoms with Gasteiger partial charge >= 0.3 is 0 Å². The Hall–Kier alpha value is -1.13. The van der Waals surface area contributed by atoms with Gasteiger partial charge in [-0.15, -0.1) is 0 Å². The van der Waals surface area contributed by atoms with Gasteiger partial charge in [-0.25, -0.2) is 0 Å². The molecule has 19 heavy (non-hydrogen) atoms. The van der Waals surface area contributed by atoms with Gasteiger partial charge in [0.25, 0.3) is 0 Å². The van der Waals surface area contributed by atoms with Crippen molar-refractivity contribution >= 4 is 32.5 Å². The first-order chi connectivity index (χ1) is 9.13. The summed E-state index contributed by atoms with van der Waals surface area (Å²) in [6, 6.07) is 2.14. The van der Waals surface area contributed by atoms with E-state index in [1.165, 1.54) is 35.2 Å². The number of hydrogen-bond donors (Lipinski definition) is 2. The lowest BCUT2D eigenvalue weighted by Crippen LogP contribution is -2.15. The van der Waals surface area contributed by atoms with E-state index in [4.69, 9.17) is 10.8 Å². The number of fused-ring (bicyclic) bond motifs is 2. The Balaban J connectivity index is 2.44. The van der Waals surface area contributed by atoms with Crippen LogP contribution >= 0.6 is 15.9 Å². The highest BCUT2D eigenvalue weighted by Gasteiger charge is 2.20. The van der Waals surface area contributed by atoms with Crippen LogP contribution in [0.5, 0.6) is 0 Å². The van der Waals surface area contributed by atoms with Gasteiger partial charge in [-0.1, -0.05) is 15.9 Å². The van der Waals surface area contributed by atoms with Crippen LogP contribution in [0.15, 0.2) is 10.5 Å². The maximum absolute atomic E-state index is 5.80. The van der Waals surface area contributed by atoms with E-state index in [-0.39, 0.29) is 0 Å². The van der Waals surface area contributed by atoms with Crippen LogP contribution in [-0.2, 0) is 12.8 Å². The van der Waals surface area contributed by atoms with Crippen LogP contribution in [0.25, 0.3) is 10.9 Å². The first-order valence-corrected chi connectivity index (χ1v) is 7.50. The quantitative estimate of drug-likeness (QED) is 0.621. The van der Waals surface area contributed by atoms with E-state index in [1.54, 1.807) is 0 Å². The Morgan fingerprint density at radius 1 is 1.26 bits per heavy atom. The number of nitrogens with zero attached hydrogens (tertiary/aromatic N) is 1. The number of aromatic nitrogens is 1. The fourth-order valence-electron chi connectivity index (χ4n) is 3.08. The summed E-state index contributed by atoms with van der Waals surface area (Å²) in [5.74, 6) is 5.80. The molecule has 0 spiro atoms. The van der Waals surface area contributed by atoms with Crippen LogP contribution in [0.1, 0.15) is 35.2 Å². The smallest absolute Gasteiger partial charge is 0.0732 e. The molecule has 0 radical (unpaired) electrons. The SMILES string of the molecule is Cc1cc2nc3c(c(NN)c2c(C)c1Br)CCCC3. The zero-order chi connectivity index (χ0) is 13.6. The molecule has 3 nitrogen and oxygen atoms in total. The Kier molecular flexibility index (Phi) is 3.23. The molecule has 0 aliphatic heterocycles. The number of hydrogen-bond acceptors (Lipinski definition) is 3. The molecule has 3 N–H and O–H groups in total. The first-order valence-electron chi connectivity index (χ1n) is 6.71. The van der Waals surface area contributed by atoms with Gasteiger partial charge in [0.05, 0.1) is 11.2 Å². The number of anilines is 1. The number of halogens is 1. The number of nitrogens with one attached hydrogen (secondary N) is 1. The van der Waals surface area contributed by atoms with Crippen molar-refractivity contribution in [3.05, 3.63) is 32.9 Å². The summed E-state index contributed by atoms with van der Waals surface area (Å²) in [5.41, 5.74) is 9.99. The molecule has 0 unspecified atom stereocenters. The molecule has 0 saturated carbocycles. The minimum absolute atomic E-state index is 1.05. The van der Waals surface area contributed by atoms with E-state index in [0.717, 1.165) is 33.9 Å². The summed E-state index contributed by atoms with van der Waals surface area (Å²) < 4.78 is 1.15. The van der Waals surface area contributed by atoms with Crippen molar-refractivity contribution in [1.82, 2.24) is 4.98 Å². The maximum Gasteiger partial charge on any atom is 0.0732 e. The van der Waals surface area contributed by atoms with E-state index in [1.807, 2.05) is 0 Å². The molecule has 4 heteroatoms. The zero-order valence-electron chi connectivity index (χ0n) is 11.3. The van der Waals surface area contributed by atoms with E-state index in [2.05, 4.69) is 41.3 Å². The number of nitrogens with two attached hydrogens (primary N) is 1. The van der Waals surface area contributed by atoms with Gasteiger partial charge < -0.3 is 5.43 Å². The third kappa shape index (κ3) is 1.94. The normalized spacial score (nSPS) is 14.5. The number of nitrogen functional groups attached to an aromatic ring is 1. The summed E-state index contributed by atoms with van der Waals surface area (Å²) in [7, 11) is 0. The third-order valence-electron chi connectivity index (χ3n) is 4.05. The predicted octanol–water partition coefficient (Wildman–Crippen LogP) is 3.78. The highest BCUT2D eigenvalue weighted by Crippen LogP contribution is 2.37. The van der Waals surface area contributed by atoms with Gasteiger partial charge in [0.2, 0.25) is 0 Å². The third-order valence-corrected chi connectivity index (χ3v) is 5.27. The van der Waals surface area contributed by atoms with Crippen molar-refractivity contribution < 1.29 is 0 Å². The molecule has 1 aliphatic carbocycles. The number of rotatable bonds is 1. The second kappa shape index (κ2) is 4.76. The van der Waals surface area contributed by atoms with Crippen molar-refractivity contribution in [1.29, 1.82) is 0 Å². The van der Waals surface area contributed by atoms with Crippen LogP contribution < -0.4 is 11.3 Å². The average Bonchev–Trinajstić information content (AvgIpc) is 2.42. The number of benzene rings is 1. The molecular weight excluding hydrogens is 302 g/mol.